The molecular formula is C22H34N4O4. The highest BCUT2D eigenvalue weighted by Crippen LogP contribution is 2.36. The lowest BCUT2D eigenvalue weighted by molar-refractivity contribution is -0.152. The van der Waals surface area contributed by atoms with E-state index in [2.05, 4.69) is 17.9 Å². The van der Waals surface area contributed by atoms with Gasteiger partial charge in [0.2, 0.25) is 0 Å². The standard InChI is InChI=1S/C22H34N4O4/c1-17-13-19(30-21(28)24-9-11-29-12-10-24)20(27)26(14-17)22(15-23)7-8-25(16-22)18-5-3-2-4-6-18/h17-19H,2-14,16H2,1H3/t17?,19-,22?/m0/s1. The summed E-state index contributed by atoms with van der Waals surface area (Å²) in [4.78, 5) is 31.7. The number of likely N-dealkylation sites (tertiary alicyclic amines) is 2. The third kappa shape index (κ3) is 4.28. The van der Waals surface area contributed by atoms with Crippen LogP contribution in [0.2, 0.25) is 0 Å². The number of morpholine rings is 1. The lowest BCUT2D eigenvalue weighted by Crippen LogP contribution is -2.61. The second kappa shape index (κ2) is 9.11. The van der Waals surface area contributed by atoms with E-state index in [1.54, 1.807) is 9.80 Å². The van der Waals surface area contributed by atoms with Gasteiger partial charge in [-0.2, -0.15) is 5.26 Å². The van der Waals surface area contributed by atoms with Crippen molar-refractivity contribution in [3.05, 3.63) is 0 Å². The molecule has 3 atom stereocenters. The first kappa shape index (κ1) is 21.4. The second-order valence-corrected chi connectivity index (χ2v) is 9.42. The van der Waals surface area contributed by atoms with Gasteiger partial charge in [0.1, 0.15) is 5.54 Å². The van der Waals surface area contributed by atoms with Crippen LogP contribution in [0.3, 0.4) is 0 Å². The van der Waals surface area contributed by atoms with Gasteiger partial charge >= 0.3 is 6.09 Å². The minimum Gasteiger partial charge on any atom is -0.436 e. The molecule has 3 aliphatic heterocycles. The summed E-state index contributed by atoms with van der Waals surface area (Å²) in [5.41, 5.74) is -0.813. The summed E-state index contributed by atoms with van der Waals surface area (Å²) in [7, 11) is 0. The van der Waals surface area contributed by atoms with Crippen LogP contribution in [-0.4, -0.2) is 90.3 Å². The normalized spacial score (nSPS) is 34.1. The number of carbonyl (C=O) groups excluding carboxylic acids is 2. The maximum atomic E-state index is 13.4. The quantitative estimate of drug-likeness (QED) is 0.697. The molecule has 2 unspecified atom stereocenters. The molecule has 0 spiro atoms. The number of piperidine rings is 1. The molecule has 4 rings (SSSR count). The van der Waals surface area contributed by atoms with Gasteiger partial charge in [0.15, 0.2) is 6.10 Å². The summed E-state index contributed by atoms with van der Waals surface area (Å²) in [6.45, 7) is 6.03. The molecule has 3 saturated heterocycles. The van der Waals surface area contributed by atoms with Crippen molar-refractivity contribution < 1.29 is 19.1 Å². The predicted molar refractivity (Wildman–Crippen MR) is 110 cm³/mol. The Morgan fingerprint density at radius 1 is 1.20 bits per heavy atom. The van der Waals surface area contributed by atoms with Gasteiger partial charge in [-0.05, 0) is 31.6 Å². The molecule has 30 heavy (non-hydrogen) atoms. The number of carbonyl (C=O) groups is 2. The van der Waals surface area contributed by atoms with Gasteiger partial charge in [-0.3, -0.25) is 9.69 Å². The van der Waals surface area contributed by atoms with Crippen molar-refractivity contribution in [2.45, 2.75) is 69.6 Å². The monoisotopic (exact) mass is 418 g/mol. The van der Waals surface area contributed by atoms with Gasteiger partial charge in [0, 0.05) is 38.8 Å². The largest absolute Gasteiger partial charge is 0.436 e. The van der Waals surface area contributed by atoms with Crippen molar-refractivity contribution in [1.82, 2.24) is 14.7 Å². The minimum atomic E-state index is -0.813. The molecule has 4 aliphatic rings. The number of hydrogen-bond donors (Lipinski definition) is 0. The molecule has 4 fully saturated rings. The van der Waals surface area contributed by atoms with Crippen LogP contribution in [0.5, 0.6) is 0 Å². The summed E-state index contributed by atoms with van der Waals surface area (Å²) in [5.74, 6) is -0.0269. The van der Waals surface area contributed by atoms with Crippen LogP contribution in [0.15, 0.2) is 0 Å². The number of amides is 2. The van der Waals surface area contributed by atoms with E-state index < -0.39 is 17.7 Å². The zero-order chi connectivity index (χ0) is 21.1. The van der Waals surface area contributed by atoms with Crippen LogP contribution in [0.1, 0.15) is 51.9 Å². The average molecular weight is 419 g/mol. The van der Waals surface area contributed by atoms with E-state index in [9.17, 15) is 14.9 Å². The van der Waals surface area contributed by atoms with E-state index in [0.29, 0.717) is 58.3 Å². The molecule has 2 amide bonds. The predicted octanol–water partition coefficient (Wildman–Crippen LogP) is 1.99. The van der Waals surface area contributed by atoms with Crippen LogP contribution in [-0.2, 0) is 14.3 Å². The Bertz CT molecular complexity index is 683. The van der Waals surface area contributed by atoms with Gasteiger partial charge in [-0.1, -0.05) is 26.2 Å². The van der Waals surface area contributed by atoms with Crippen molar-refractivity contribution in [1.29, 1.82) is 5.26 Å². The van der Waals surface area contributed by atoms with Gasteiger partial charge < -0.3 is 19.3 Å². The van der Waals surface area contributed by atoms with Crippen LogP contribution in [0.4, 0.5) is 4.79 Å². The van der Waals surface area contributed by atoms with Crippen molar-refractivity contribution in [3.63, 3.8) is 0 Å². The van der Waals surface area contributed by atoms with E-state index in [1.165, 1.54) is 32.1 Å². The summed E-state index contributed by atoms with van der Waals surface area (Å²) in [6.07, 6.45) is 6.09. The minimum absolute atomic E-state index is 0.180. The average Bonchev–Trinajstić information content (AvgIpc) is 3.23. The summed E-state index contributed by atoms with van der Waals surface area (Å²) >= 11 is 0. The molecule has 1 saturated carbocycles. The number of rotatable bonds is 3. The Kier molecular flexibility index (Phi) is 6.49. The third-order valence-electron chi connectivity index (χ3n) is 7.26. The van der Waals surface area contributed by atoms with E-state index in [4.69, 9.17) is 9.47 Å². The Hall–Kier alpha value is -1.85. The van der Waals surface area contributed by atoms with Crippen LogP contribution >= 0.6 is 0 Å². The maximum Gasteiger partial charge on any atom is 0.410 e. The van der Waals surface area contributed by atoms with E-state index in [-0.39, 0.29) is 11.8 Å². The van der Waals surface area contributed by atoms with Crippen molar-refractivity contribution in [2.24, 2.45) is 5.92 Å². The maximum absolute atomic E-state index is 13.4. The number of ether oxygens (including phenoxy) is 2. The molecule has 1 aliphatic carbocycles. The highest BCUT2D eigenvalue weighted by Gasteiger charge is 2.51. The fraction of sp³-hybridized carbons (Fsp3) is 0.864. The van der Waals surface area contributed by atoms with E-state index >= 15 is 0 Å². The van der Waals surface area contributed by atoms with Gasteiger partial charge in [0.25, 0.3) is 5.91 Å². The Labute approximate surface area is 179 Å². The van der Waals surface area contributed by atoms with E-state index in [1.807, 2.05) is 0 Å². The fourth-order valence-corrected chi connectivity index (χ4v) is 5.50. The Morgan fingerprint density at radius 2 is 1.93 bits per heavy atom. The number of nitrogens with zero attached hydrogens (tertiary/aromatic N) is 4. The lowest BCUT2D eigenvalue weighted by Gasteiger charge is -2.44. The van der Waals surface area contributed by atoms with Crippen molar-refractivity contribution in [3.8, 4) is 6.07 Å². The summed E-state index contributed by atoms with van der Waals surface area (Å²) in [6, 6.07) is 3.03. The molecule has 0 aromatic carbocycles. The fourth-order valence-electron chi connectivity index (χ4n) is 5.50. The first-order chi connectivity index (χ1) is 14.5. The topological polar surface area (TPSA) is 86.1 Å². The molecule has 0 aromatic heterocycles. The molecule has 0 radical (unpaired) electrons. The van der Waals surface area contributed by atoms with Gasteiger partial charge in [0.05, 0.1) is 19.3 Å². The lowest BCUT2D eigenvalue weighted by atomic mass is 9.89. The van der Waals surface area contributed by atoms with Crippen molar-refractivity contribution >= 4 is 12.0 Å². The molecule has 166 valence electrons. The number of hydrogen-bond acceptors (Lipinski definition) is 6. The zero-order valence-electron chi connectivity index (χ0n) is 18.1. The molecule has 8 nitrogen and oxygen atoms in total. The van der Waals surface area contributed by atoms with Crippen LogP contribution < -0.4 is 0 Å². The number of nitriles is 1. The SMILES string of the molecule is CC1C[C@H](OC(=O)N2CCOCC2)C(=O)N(C2(C#N)CCN(C3CCCCC3)C2)C1. The zero-order valence-corrected chi connectivity index (χ0v) is 18.1. The van der Waals surface area contributed by atoms with Gasteiger partial charge in [-0.15, -0.1) is 0 Å². The van der Waals surface area contributed by atoms with Crippen molar-refractivity contribution in [2.75, 3.05) is 45.9 Å². The first-order valence-corrected chi connectivity index (χ1v) is 11.5. The molecule has 3 heterocycles. The molecule has 0 N–H and O–H groups in total. The summed E-state index contributed by atoms with van der Waals surface area (Å²) in [5, 5.41) is 10.2. The molecular weight excluding hydrogens is 384 g/mol. The highest BCUT2D eigenvalue weighted by molar-refractivity contribution is 5.85. The Morgan fingerprint density at radius 3 is 2.63 bits per heavy atom. The molecule has 0 aromatic rings. The third-order valence-corrected chi connectivity index (χ3v) is 7.26. The molecule has 8 heteroatoms. The van der Waals surface area contributed by atoms with Crippen LogP contribution in [0, 0.1) is 17.2 Å². The smallest absolute Gasteiger partial charge is 0.410 e. The Balaban J connectivity index is 1.44. The molecule has 0 bridgehead atoms. The van der Waals surface area contributed by atoms with Crippen LogP contribution in [0.25, 0.3) is 0 Å². The van der Waals surface area contributed by atoms with Gasteiger partial charge in [-0.25, -0.2) is 4.79 Å². The first-order valence-electron chi connectivity index (χ1n) is 11.5. The summed E-state index contributed by atoms with van der Waals surface area (Å²) < 4.78 is 10.9. The van der Waals surface area contributed by atoms with E-state index in [0.717, 1.165) is 6.54 Å². The second-order valence-electron chi connectivity index (χ2n) is 9.42. The highest BCUT2D eigenvalue weighted by atomic mass is 16.6.